The van der Waals surface area contributed by atoms with Crippen molar-refractivity contribution in [3.8, 4) is 0 Å². The van der Waals surface area contributed by atoms with Crippen LogP contribution in [0.4, 0.5) is 5.69 Å². The van der Waals surface area contributed by atoms with E-state index >= 15 is 0 Å². The molecule has 0 saturated carbocycles. The summed E-state index contributed by atoms with van der Waals surface area (Å²) in [6.45, 7) is 6.22. The van der Waals surface area contributed by atoms with E-state index in [-0.39, 0.29) is 11.9 Å². The highest BCUT2D eigenvalue weighted by Crippen LogP contribution is 2.23. The van der Waals surface area contributed by atoms with Gasteiger partial charge in [0.1, 0.15) is 0 Å². The second-order valence-electron chi connectivity index (χ2n) is 5.67. The van der Waals surface area contributed by atoms with E-state index in [1.54, 1.807) is 0 Å². The lowest BCUT2D eigenvalue weighted by atomic mass is 10.0. The van der Waals surface area contributed by atoms with Gasteiger partial charge in [0.05, 0.1) is 17.3 Å². The van der Waals surface area contributed by atoms with Crippen LogP contribution in [0.1, 0.15) is 18.9 Å². The third kappa shape index (κ3) is 3.95. The van der Waals surface area contributed by atoms with Crippen LogP contribution in [0.5, 0.6) is 0 Å². The predicted octanol–water partition coefficient (Wildman–Crippen LogP) is 2.26. The Hall–Kier alpha value is -1.10. The summed E-state index contributed by atoms with van der Waals surface area (Å²) in [6.07, 6.45) is 1.07. The van der Waals surface area contributed by atoms with Crippen LogP contribution in [0.25, 0.3) is 0 Å². The quantitative estimate of drug-likeness (QED) is 0.896. The van der Waals surface area contributed by atoms with Crippen LogP contribution in [0, 0.1) is 12.8 Å². The minimum atomic E-state index is -0.0268. The summed E-state index contributed by atoms with van der Waals surface area (Å²) in [5.41, 5.74) is 7.65. The van der Waals surface area contributed by atoms with Crippen LogP contribution in [-0.4, -0.2) is 36.5 Å². The molecule has 1 saturated heterocycles. The SMILES string of the molecule is Cc1ccc(NC(=O)CN2CCC(C(C)N)C2)c(Cl)c1. The van der Waals surface area contributed by atoms with Crippen molar-refractivity contribution in [3.05, 3.63) is 28.8 Å². The Kier molecular flexibility index (Phi) is 5.02. The Morgan fingerprint density at radius 3 is 2.95 bits per heavy atom. The Morgan fingerprint density at radius 1 is 1.60 bits per heavy atom. The normalized spacial score (nSPS) is 20.9. The number of likely N-dealkylation sites (tertiary alicyclic amines) is 1. The maximum Gasteiger partial charge on any atom is 0.238 e. The minimum Gasteiger partial charge on any atom is -0.328 e. The lowest BCUT2D eigenvalue weighted by molar-refractivity contribution is -0.117. The van der Waals surface area contributed by atoms with Crippen molar-refractivity contribution in [2.24, 2.45) is 11.7 Å². The zero-order valence-corrected chi connectivity index (χ0v) is 12.8. The molecule has 0 radical (unpaired) electrons. The molecule has 1 amide bonds. The molecular formula is C15H22ClN3O. The monoisotopic (exact) mass is 295 g/mol. The van der Waals surface area contributed by atoms with Gasteiger partial charge in [-0.1, -0.05) is 17.7 Å². The number of halogens is 1. The number of rotatable bonds is 4. The van der Waals surface area contributed by atoms with E-state index in [0.29, 0.717) is 23.2 Å². The smallest absolute Gasteiger partial charge is 0.238 e. The molecule has 20 heavy (non-hydrogen) atoms. The topological polar surface area (TPSA) is 58.4 Å². The zero-order chi connectivity index (χ0) is 14.7. The Balaban J connectivity index is 1.87. The van der Waals surface area contributed by atoms with E-state index in [0.717, 1.165) is 25.1 Å². The first-order valence-corrected chi connectivity index (χ1v) is 7.37. The van der Waals surface area contributed by atoms with Crippen molar-refractivity contribution < 1.29 is 4.79 Å². The maximum atomic E-state index is 12.0. The molecule has 4 nitrogen and oxygen atoms in total. The molecule has 1 aliphatic heterocycles. The van der Waals surface area contributed by atoms with Crippen LogP contribution >= 0.6 is 11.6 Å². The van der Waals surface area contributed by atoms with Gasteiger partial charge in [-0.3, -0.25) is 9.69 Å². The molecule has 1 aromatic rings. The number of anilines is 1. The first-order chi connectivity index (χ1) is 9.45. The second kappa shape index (κ2) is 6.57. The molecule has 1 aromatic carbocycles. The summed E-state index contributed by atoms with van der Waals surface area (Å²) >= 11 is 6.11. The molecular weight excluding hydrogens is 274 g/mol. The van der Waals surface area contributed by atoms with Crippen molar-refractivity contribution in [2.45, 2.75) is 26.3 Å². The number of hydrogen-bond acceptors (Lipinski definition) is 3. The number of aryl methyl sites for hydroxylation is 1. The summed E-state index contributed by atoms with van der Waals surface area (Å²) in [5, 5.41) is 3.44. The molecule has 3 N–H and O–H groups in total. The highest BCUT2D eigenvalue weighted by Gasteiger charge is 2.26. The molecule has 1 aliphatic rings. The van der Waals surface area contributed by atoms with Gasteiger partial charge in [0, 0.05) is 12.6 Å². The van der Waals surface area contributed by atoms with Gasteiger partial charge in [-0.15, -0.1) is 0 Å². The summed E-state index contributed by atoms with van der Waals surface area (Å²) in [5.74, 6) is 0.465. The average Bonchev–Trinajstić information content (AvgIpc) is 2.81. The molecule has 0 spiro atoms. The highest BCUT2D eigenvalue weighted by atomic mass is 35.5. The van der Waals surface area contributed by atoms with Crippen molar-refractivity contribution >= 4 is 23.2 Å². The second-order valence-corrected chi connectivity index (χ2v) is 6.08. The van der Waals surface area contributed by atoms with Crippen LogP contribution in [-0.2, 0) is 4.79 Å². The molecule has 5 heteroatoms. The summed E-state index contributed by atoms with van der Waals surface area (Å²) in [6, 6.07) is 5.81. The molecule has 0 aromatic heterocycles. The summed E-state index contributed by atoms with van der Waals surface area (Å²) < 4.78 is 0. The number of amides is 1. The first-order valence-electron chi connectivity index (χ1n) is 6.99. The molecule has 2 rings (SSSR count). The standard InChI is InChI=1S/C15H22ClN3O/c1-10-3-4-14(13(16)7-10)18-15(20)9-19-6-5-12(8-19)11(2)17/h3-4,7,11-12H,5-6,8-9,17H2,1-2H3,(H,18,20). The summed E-state index contributed by atoms with van der Waals surface area (Å²) in [4.78, 5) is 14.2. The fourth-order valence-corrected chi connectivity index (χ4v) is 2.83. The summed E-state index contributed by atoms with van der Waals surface area (Å²) in [7, 11) is 0. The van der Waals surface area contributed by atoms with Crippen molar-refractivity contribution in [1.82, 2.24) is 4.90 Å². The number of carbonyl (C=O) groups is 1. The van der Waals surface area contributed by atoms with Gasteiger partial charge in [0.25, 0.3) is 0 Å². The van der Waals surface area contributed by atoms with E-state index in [2.05, 4.69) is 10.2 Å². The van der Waals surface area contributed by atoms with E-state index in [1.807, 2.05) is 32.0 Å². The van der Waals surface area contributed by atoms with Gasteiger partial charge >= 0.3 is 0 Å². The fourth-order valence-electron chi connectivity index (χ4n) is 2.55. The van der Waals surface area contributed by atoms with E-state index < -0.39 is 0 Å². The Bertz CT molecular complexity index is 490. The van der Waals surface area contributed by atoms with E-state index in [1.165, 1.54) is 0 Å². The van der Waals surface area contributed by atoms with Gasteiger partial charge in [-0.2, -0.15) is 0 Å². The van der Waals surface area contributed by atoms with Crippen LogP contribution in [0.15, 0.2) is 18.2 Å². The van der Waals surface area contributed by atoms with Gasteiger partial charge in [0.15, 0.2) is 0 Å². The largest absolute Gasteiger partial charge is 0.328 e. The van der Waals surface area contributed by atoms with Crippen molar-refractivity contribution in [3.63, 3.8) is 0 Å². The number of hydrogen-bond donors (Lipinski definition) is 2. The van der Waals surface area contributed by atoms with Gasteiger partial charge < -0.3 is 11.1 Å². The molecule has 1 heterocycles. The molecule has 0 bridgehead atoms. The zero-order valence-electron chi connectivity index (χ0n) is 12.0. The van der Waals surface area contributed by atoms with Crippen molar-refractivity contribution in [2.75, 3.05) is 25.0 Å². The number of nitrogens with two attached hydrogens (primary N) is 1. The third-order valence-electron chi connectivity index (χ3n) is 3.82. The predicted molar refractivity (Wildman–Crippen MR) is 83.0 cm³/mol. The number of nitrogens with one attached hydrogen (secondary N) is 1. The molecule has 2 unspecified atom stereocenters. The maximum absolute atomic E-state index is 12.0. The Morgan fingerprint density at radius 2 is 2.35 bits per heavy atom. The fraction of sp³-hybridized carbons (Fsp3) is 0.533. The number of nitrogens with zero attached hydrogens (tertiary/aromatic N) is 1. The van der Waals surface area contributed by atoms with Gasteiger partial charge in [-0.05, 0) is 50.4 Å². The minimum absolute atomic E-state index is 0.0268. The van der Waals surface area contributed by atoms with Crippen LogP contribution in [0.2, 0.25) is 5.02 Å². The first kappa shape index (κ1) is 15.3. The van der Waals surface area contributed by atoms with Crippen molar-refractivity contribution in [1.29, 1.82) is 0 Å². The average molecular weight is 296 g/mol. The van der Waals surface area contributed by atoms with Gasteiger partial charge in [0.2, 0.25) is 5.91 Å². The van der Waals surface area contributed by atoms with Crippen LogP contribution < -0.4 is 11.1 Å². The number of benzene rings is 1. The molecule has 0 aliphatic carbocycles. The molecule has 2 atom stereocenters. The third-order valence-corrected chi connectivity index (χ3v) is 4.13. The van der Waals surface area contributed by atoms with Crippen LogP contribution in [0.3, 0.4) is 0 Å². The molecule has 110 valence electrons. The highest BCUT2D eigenvalue weighted by molar-refractivity contribution is 6.33. The van der Waals surface area contributed by atoms with E-state index in [9.17, 15) is 4.79 Å². The van der Waals surface area contributed by atoms with Gasteiger partial charge in [-0.25, -0.2) is 0 Å². The van der Waals surface area contributed by atoms with E-state index in [4.69, 9.17) is 17.3 Å². The lowest BCUT2D eigenvalue weighted by Crippen LogP contribution is -2.34. The Labute approximate surface area is 125 Å². The lowest BCUT2D eigenvalue weighted by Gasteiger charge is -2.17. The number of carbonyl (C=O) groups excluding carboxylic acids is 1. The molecule has 1 fully saturated rings.